The van der Waals surface area contributed by atoms with Crippen LogP contribution in [0.2, 0.25) is 0 Å². The van der Waals surface area contributed by atoms with Crippen LogP contribution in [0.3, 0.4) is 0 Å². The highest BCUT2D eigenvalue weighted by Crippen LogP contribution is 2.37. The molecule has 3 aromatic rings. The van der Waals surface area contributed by atoms with E-state index in [9.17, 15) is 14.4 Å². The van der Waals surface area contributed by atoms with Crippen molar-refractivity contribution < 1.29 is 28.6 Å². The van der Waals surface area contributed by atoms with E-state index in [1.165, 1.54) is 0 Å². The van der Waals surface area contributed by atoms with Crippen LogP contribution in [0.15, 0.2) is 60.8 Å². The van der Waals surface area contributed by atoms with E-state index in [2.05, 4.69) is 4.57 Å². The first-order valence-corrected chi connectivity index (χ1v) is 11.6. The quantitative estimate of drug-likeness (QED) is 0.236. The second kappa shape index (κ2) is 12.0. The number of ether oxygens (including phenoxy) is 3. The molecule has 7 nitrogen and oxygen atoms in total. The van der Waals surface area contributed by atoms with E-state index in [4.69, 9.17) is 14.2 Å². The topological polar surface area (TPSA) is 83.8 Å². The lowest BCUT2D eigenvalue weighted by molar-refractivity contribution is -0.163. The highest BCUT2D eigenvalue weighted by Gasteiger charge is 2.41. The van der Waals surface area contributed by atoms with Gasteiger partial charge in [0.25, 0.3) is 0 Å². The second-order valence-electron chi connectivity index (χ2n) is 7.81. The fourth-order valence-corrected chi connectivity index (χ4v) is 4.18. The molecule has 0 aliphatic heterocycles. The van der Waals surface area contributed by atoms with Gasteiger partial charge in [-0.15, -0.1) is 0 Å². The Hall–Kier alpha value is -3.61. The van der Waals surface area contributed by atoms with Gasteiger partial charge in [-0.05, 0) is 38.0 Å². The highest BCUT2D eigenvalue weighted by molar-refractivity contribution is 5.98. The summed E-state index contributed by atoms with van der Waals surface area (Å²) in [5, 5.41) is 0.853. The number of rotatable bonds is 11. The molecule has 7 heteroatoms. The number of nitrogens with zero attached hydrogens (tertiary/aromatic N) is 1. The summed E-state index contributed by atoms with van der Waals surface area (Å²) in [6.07, 6.45) is 1.75. The van der Waals surface area contributed by atoms with Crippen molar-refractivity contribution in [2.24, 2.45) is 5.92 Å². The Balaban J connectivity index is 2.14. The molecule has 1 atom stereocenters. The first-order valence-electron chi connectivity index (χ1n) is 11.6. The SMILES string of the molecule is CCOC(=O)CC(c1cn(Cc2ccccc2)c2ccccc12)C(C(=O)OCC)C(=O)OCC. The largest absolute Gasteiger partial charge is 0.466 e. The average Bonchev–Trinajstić information content (AvgIpc) is 3.18. The minimum atomic E-state index is -1.29. The van der Waals surface area contributed by atoms with Crippen molar-refractivity contribution in [2.45, 2.75) is 39.7 Å². The van der Waals surface area contributed by atoms with E-state index >= 15 is 0 Å². The van der Waals surface area contributed by atoms with E-state index in [0.717, 1.165) is 16.5 Å². The second-order valence-corrected chi connectivity index (χ2v) is 7.81. The number of hydrogen-bond acceptors (Lipinski definition) is 6. The smallest absolute Gasteiger partial charge is 0.320 e. The molecule has 0 saturated carbocycles. The van der Waals surface area contributed by atoms with Gasteiger partial charge in [0.1, 0.15) is 0 Å². The summed E-state index contributed by atoms with van der Waals surface area (Å²) in [4.78, 5) is 38.5. The summed E-state index contributed by atoms with van der Waals surface area (Å²) in [5.41, 5.74) is 2.73. The molecule has 0 N–H and O–H groups in total. The van der Waals surface area contributed by atoms with Crippen LogP contribution in [-0.2, 0) is 35.1 Å². The third kappa shape index (κ3) is 5.84. The number of esters is 3. The Morgan fingerprint density at radius 2 is 1.38 bits per heavy atom. The average molecular weight is 466 g/mol. The Bertz CT molecular complexity index is 1100. The number of para-hydroxylation sites is 1. The standard InChI is InChI=1S/C27H31NO6/c1-4-32-24(29)16-21(25(26(30)33-5-2)27(31)34-6-3)22-18-28(17-19-12-8-7-9-13-19)23-15-11-10-14-20(22)23/h7-15,18,21,25H,4-6,16-17H2,1-3H3. The van der Waals surface area contributed by atoms with Gasteiger partial charge in [0.15, 0.2) is 5.92 Å². The molecule has 180 valence electrons. The third-order valence-electron chi connectivity index (χ3n) is 5.59. The fraction of sp³-hybridized carbons (Fsp3) is 0.370. The molecule has 2 aromatic carbocycles. The maximum Gasteiger partial charge on any atom is 0.320 e. The molecule has 0 saturated heterocycles. The van der Waals surface area contributed by atoms with Gasteiger partial charge in [-0.2, -0.15) is 0 Å². The summed E-state index contributed by atoms with van der Waals surface area (Å²) in [5.74, 6) is -4.02. The van der Waals surface area contributed by atoms with Crippen LogP contribution in [0.5, 0.6) is 0 Å². The lowest BCUT2D eigenvalue weighted by atomic mass is 9.83. The number of hydrogen-bond donors (Lipinski definition) is 0. The van der Waals surface area contributed by atoms with Gasteiger partial charge in [0.05, 0.1) is 26.2 Å². The van der Waals surface area contributed by atoms with E-state index in [1.807, 2.05) is 60.8 Å². The molecule has 0 bridgehead atoms. The van der Waals surface area contributed by atoms with Gasteiger partial charge in [0, 0.05) is 29.6 Å². The minimum absolute atomic E-state index is 0.108. The summed E-state index contributed by atoms with van der Waals surface area (Å²) in [6, 6.07) is 17.7. The Labute approximate surface area is 199 Å². The molecule has 34 heavy (non-hydrogen) atoms. The van der Waals surface area contributed by atoms with Crippen LogP contribution >= 0.6 is 0 Å². The van der Waals surface area contributed by atoms with E-state index < -0.39 is 29.7 Å². The lowest BCUT2D eigenvalue weighted by Gasteiger charge is -2.23. The first kappa shape index (κ1) is 25.0. The van der Waals surface area contributed by atoms with Gasteiger partial charge < -0.3 is 18.8 Å². The van der Waals surface area contributed by atoms with Crippen LogP contribution < -0.4 is 0 Å². The number of carbonyl (C=O) groups excluding carboxylic acids is 3. The maximum absolute atomic E-state index is 13.0. The molecular weight excluding hydrogens is 434 g/mol. The Morgan fingerprint density at radius 3 is 2.00 bits per heavy atom. The van der Waals surface area contributed by atoms with Crippen molar-refractivity contribution in [1.29, 1.82) is 0 Å². The van der Waals surface area contributed by atoms with Crippen molar-refractivity contribution >= 4 is 28.8 Å². The number of carbonyl (C=O) groups is 3. The highest BCUT2D eigenvalue weighted by atomic mass is 16.6. The predicted molar refractivity (Wildman–Crippen MR) is 128 cm³/mol. The normalized spacial score (nSPS) is 11.9. The van der Waals surface area contributed by atoms with Crippen LogP contribution in [0, 0.1) is 5.92 Å². The Kier molecular flexibility index (Phi) is 8.85. The molecule has 1 aromatic heterocycles. The van der Waals surface area contributed by atoms with Gasteiger partial charge in [-0.3, -0.25) is 14.4 Å². The molecule has 0 aliphatic rings. The third-order valence-corrected chi connectivity index (χ3v) is 5.59. The summed E-state index contributed by atoms with van der Waals surface area (Å²) in [6.45, 7) is 6.07. The molecule has 0 amide bonds. The molecule has 0 fully saturated rings. The van der Waals surface area contributed by atoms with E-state index in [0.29, 0.717) is 12.1 Å². The van der Waals surface area contributed by atoms with Gasteiger partial charge in [0.2, 0.25) is 0 Å². The number of fused-ring (bicyclic) bond motifs is 1. The van der Waals surface area contributed by atoms with Crippen molar-refractivity contribution in [3.05, 3.63) is 71.9 Å². The van der Waals surface area contributed by atoms with Crippen LogP contribution in [-0.4, -0.2) is 42.3 Å². The summed E-state index contributed by atoms with van der Waals surface area (Å²) in [7, 11) is 0. The molecule has 1 unspecified atom stereocenters. The van der Waals surface area contributed by atoms with Crippen molar-refractivity contribution in [3.63, 3.8) is 0 Å². The predicted octanol–water partition coefficient (Wildman–Crippen LogP) is 4.47. The molecular formula is C27H31NO6. The minimum Gasteiger partial charge on any atom is -0.466 e. The molecule has 0 spiro atoms. The zero-order valence-electron chi connectivity index (χ0n) is 19.9. The van der Waals surface area contributed by atoms with Crippen LogP contribution in [0.25, 0.3) is 10.9 Å². The van der Waals surface area contributed by atoms with E-state index in [1.54, 1.807) is 20.8 Å². The molecule has 0 radical (unpaired) electrons. The number of aromatic nitrogens is 1. The van der Waals surface area contributed by atoms with Crippen LogP contribution in [0.4, 0.5) is 0 Å². The fourth-order valence-electron chi connectivity index (χ4n) is 4.18. The van der Waals surface area contributed by atoms with E-state index in [-0.39, 0.29) is 26.2 Å². The van der Waals surface area contributed by atoms with Crippen molar-refractivity contribution in [1.82, 2.24) is 4.57 Å². The molecule has 1 heterocycles. The van der Waals surface area contributed by atoms with Crippen molar-refractivity contribution in [3.8, 4) is 0 Å². The Morgan fingerprint density at radius 1 is 0.794 bits per heavy atom. The van der Waals surface area contributed by atoms with Crippen molar-refractivity contribution in [2.75, 3.05) is 19.8 Å². The monoisotopic (exact) mass is 465 g/mol. The molecule has 3 rings (SSSR count). The van der Waals surface area contributed by atoms with Gasteiger partial charge in [-0.1, -0.05) is 48.5 Å². The van der Waals surface area contributed by atoms with Gasteiger partial charge in [-0.25, -0.2) is 0 Å². The first-order chi connectivity index (χ1) is 16.5. The zero-order chi connectivity index (χ0) is 24.5. The number of benzene rings is 2. The molecule has 0 aliphatic carbocycles. The van der Waals surface area contributed by atoms with Gasteiger partial charge >= 0.3 is 17.9 Å². The zero-order valence-corrected chi connectivity index (χ0v) is 19.9. The maximum atomic E-state index is 13.0. The summed E-state index contributed by atoms with van der Waals surface area (Å²) >= 11 is 0. The summed E-state index contributed by atoms with van der Waals surface area (Å²) < 4.78 is 17.7. The van der Waals surface area contributed by atoms with Crippen LogP contribution in [0.1, 0.15) is 44.2 Å². The lowest BCUT2D eigenvalue weighted by Crippen LogP contribution is -2.34.